The van der Waals surface area contributed by atoms with Crippen LogP contribution in [-0.2, 0) is 11.8 Å². The predicted molar refractivity (Wildman–Crippen MR) is 69.4 cm³/mol. The summed E-state index contributed by atoms with van der Waals surface area (Å²) in [4.78, 5) is 2.50. The molecule has 0 unspecified atom stereocenters. The van der Waals surface area contributed by atoms with Gasteiger partial charge in [0.1, 0.15) is 5.75 Å². The van der Waals surface area contributed by atoms with Gasteiger partial charge in [0.25, 0.3) is 0 Å². The topological polar surface area (TPSA) is 23.5 Å². The second-order valence-electron chi connectivity index (χ2n) is 6.05. The van der Waals surface area contributed by atoms with E-state index >= 15 is 0 Å². The van der Waals surface area contributed by atoms with Gasteiger partial charge in [0.05, 0.1) is 0 Å². The Kier molecular flexibility index (Phi) is 2.27. The van der Waals surface area contributed by atoms with Crippen molar-refractivity contribution in [3.8, 4) is 5.75 Å². The van der Waals surface area contributed by atoms with Crippen LogP contribution in [-0.4, -0.2) is 29.6 Å². The van der Waals surface area contributed by atoms with Gasteiger partial charge in [0.15, 0.2) is 0 Å². The van der Waals surface area contributed by atoms with Crippen LogP contribution in [0.4, 0.5) is 0 Å². The molecule has 17 heavy (non-hydrogen) atoms. The molecule has 1 fully saturated rings. The SMILES string of the molecule is C[C@@H]1[C@@H]2Cc3ccc(O)cc3[C@@]1(C)CCN2C. The van der Waals surface area contributed by atoms with Crippen molar-refractivity contribution in [1.29, 1.82) is 0 Å². The summed E-state index contributed by atoms with van der Waals surface area (Å²) in [5, 5.41) is 9.73. The van der Waals surface area contributed by atoms with Gasteiger partial charge < -0.3 is 10.0 Å². The van der Waals surface area contributed by atoms with Crippen LogP contribution in [0.2, 0.25) is 0 Å². The van der Waals surface area contributed by atoms with Crippen molar-refractivity contribution in [1.82, 2.24) is 4.90 Å². The van der Waals surface area contributed by atoms with E-state index in [9.17, 15) is 5.11 Å². The number of hydrogen-bond donors (Lipinski definition) is 1. The van der Waals surface area contributed by atoms with Crippen molar-refractivity contribution in [3.63, 3.8) is 0 Å². The van der Waals surface area contributed by atoms with Crippen LogP contribution >= 0.6 is 0 Å². The summed E-state index contributed by atoms with van der Waals surface area (Å²) in [5.41, 5.74) is 3.05. The molecule has 1 aliphatic carbocycles. The fourth-order valence-corrected chi connectivity index (χ4v) is 3.82. The summed E-state index contributed by atoms with van der Waals surface area (Å²) in [6.07, 6.45) is 2.32. The molecule has 2 bridgehead atoms. The van der Waals surface area contributed by atoms with Crippen LogP contribution in [0.5, 0.6) is 5.75 Å². The molecule has 1 heterocycles. The number of rotatable bonds is 0. The largest absolute Gasteiger partial charge is 0.508 e. The van der Waals surface area contributed by atoms with E-state index < -0.39 is 0 Å². The zero-order valence-electron chi connectivity index (χ0n) is 10.9. The molecule has 92 valence electrons. The minimum absolute atomic E-state index is 0.240. The minimum atomic E-state index is 0.240. The Bertz CT molecular complexity index is 456. The average molecular weight is 231 g/mol. The molecule has 2 heteroatoms. The van der Waals surface area contributed by atoms with Crippen LogP contribution in [0.1, 0.15) is 31.4 Å². The third-order valence-corrected chi connectivity index (χ3v) is 5.27. The van der Waals surface area contributed by atoms with E-state index in [1.807, 2.05) is 12.1 Å². The van der Waals surface area contributed by atoms with E-state index in [4.69, 9.17) is 0 Å². The average Bonchev–Trinajstić information content (AvgIpc) is 2.30. The van der Waals surface area contributed by atoms with Gasteiger partial charge in [-0.15, -0.1) is 0 Å². The number of aromatic hydroxyl groups is 1. The smallest absolute Gasteiger partial charge is 0.115 e. The molecule has 3 atom stereocenters. The molecule has 2 aliphatic rings. The summed E-state index contributed by atoms with van der Waals surface area (Å²) >= 11 is 0. The second-order valence-corrected chi connectivity index (χ2v) is 6.05. The summed E-state index contributed by atoms with van der Waals surface area (Å²) in [6, 6.07) is 6.59. The normalized spacial score (nSPS) is 36.6. The molecule has 1 saturated heterocycles. The number of likely N-dealkylation sites (N-methyl/N-ethyl adjacent to an activating group) is 1. The van der Waals surface area contributed by atoms with E-state index in [0.717, 1.165) is 6.42 Å². The fraction of sp³-hybridized carbons (Fsp3) is 0.600. The van der Waals surface area contributed by atoms with Crippen molar-refractivity contribution in [2.45, 2.75) is 38.1 Å². The maximum Gasteiger partial charge on any atom is 0.115 e. The number of nitrogens with zero attached hydrogens (tertiary/aromatic N) is 1. The van der Waals surface area contributed by atoms with Gasteiger partial charge in [-0.05, 0) is 61.0 Å². The molecule has 1 aromatic carbocycles. The molecular weight excluding hydrogens is 210 g/mol. The van der Waals surface area contributed by atoms with Crippen molar-refractivity contribution in [2.24, 2.45) is 5.92 Å². The zero-order valence-corrected chi connectivity index (χ0v) is 10.9. The highest BCUT2D eigenvalue weighted by Gasteiger charge is 2.47. The van der Waals surface area contributed by atoms with Crippen molar-refractivity contribution in [3.05, 3.63) is 29.3 Å². The molecule has 2 nitrogen and oxygen atoms in total. The van der Waals surface area contributed by atoms with Gasteiger partial charge in [0, 0.05) is 6.04 Å². The highest BCUT2D eigenvalue weighted by Crippen LogP contribution is 2.48. The maximum absolute atomic E-state index is 9.73. The quantitative estimate of drug-likeness (QED) is 0.741. The molecule has 0 amide bonds. The van der Waals surface area contributed by atoms with Gasteiger partial charge in [-0.25, -0.2) is 0 Å². The lowest BCUT2D eigenvalue weighted by Gasteiger charge is -2.53. The lowest BCUT2D eigenvalue weighted by molar-refractivity contribution is 0.0506. The molecule has 0 radical (unpaired) electrons. The fourth-order valence-electron chi connectivity index (χ4n) is 3.82. The molecule has 1 aliphatic heterocycles. The number of piperidine rings is 1. The van der Waals surface area contributed by atoms with Crippen LogP contribution in [0.3, 0.4) is 0 Å². The molecule has 0 spiro atoms. The number of likely N-dealkylation sites (tertiary alicyclic amines) is 1. The predicted octanol–water partition coefficient (Wildman–Crippen LogP) is 2.55. The number of fused-ring (bicyclic) bond motifs is 4. The zero-order chi connectivity index (χ0) is 12.2. The first kappa shape index (κ1) is 11.1. The third-order valence-electron chi connectivity index (χ3n) is 5.27. The first-order valence-electron chi connectivity index (χ1n) is 6.55. The Hall–Kier alpha value is -1.02. The van der Waals surface area contributed by atoms with Crippen LogP contribution in [0, 0.1) is 5.92 Å². The molecular formula is C15H21NO. The van der Waals surface area contributed by atoms with Crippen molar-refractivity contribution < 1.29 is 5.11 Å². The summed E-state index contributed by atoms with van der Waals surface area (Å²) in [5.74, 6) is 1.07. The van der Waals surface area contributed by atoms with E-state index in [1.165, 1.54) is 24.1 Å². The Morgan fingerprint density at radius 1 is 1.41 bits per heavy atom. The summed E-state index contributed by atoms with van der Waals surface area (Å²) in [7, 11) is 2.24. The Balaban J connectivity index is 2.16. The lowest BCUT2D eigenvalue weighted by Crippen LogP contribution is -2.56. The minimum Gasteiger partial charge on any atom is -0.508 e. The summed E-state index contributed by atoms with van der Waals surface area (Å²) in [6.45, 7) is 5.91. The van der Waals surface area contributed by atoms with Gasteiger partial charge in [-0.3, -0.25) is 0 Å². The molecule has 0 saturated carbocycles. The number of hydrogen-bond acceptors (Lipinski definition) is 2. The number of benzene rings is 1. The maximum atomic E-state index is 9.73. The number of phenols is 1. The standard InChI is InChI=1S/C15H21NO/c1-10-14-8-11-4-5-12(17)9-13(11)15(10,2)6-7-16(14)3/h4-5,9-10,14,17H,6-8H2,1-3H3/t10-,14+,15+/m1/s1. The molecule has 0 aromatic heterocycles. The van der Waals surface area contributed by atoms with Crippen LogP contribution in [0.15, 0.2) is 18.2 Å². The Labute approximate surface area is 103 Å². The Morgan fingerprint density at radius 3 is 2.94 bits per heavy atom. The molecule has 1 N–H and O–H groups in total. The first-order chi connectivity index (χ1) is 8.02. The van der Waals surface area contributed by atoms with Crippen molar-refractivity contribution in [2.75, 3.05) is 13.6 Å². The first-order valence-corrected chi connectivity index (χ1v) is 6.55. The van der Waals surface area contributed by atoms with Gasteiger partial charge in [-0.2, -0.15) is 0 Å². The third kappa shape index (κ3) is 1.43. The van der Waals surface area contributed by atoms with E-state index in [-0.39, 0.29) is 5.41 Å². The van der Waals surface area contributed by atoms with Gasteiger partial charge in [-0.1, -0.05) is 19.9 Å². The van der Waals surface area contributed by atoms with Crippen LogP contribution < -0.4 is 0 Å². The van der Waals surface area contributed by atoms with E-state index in [0.29, 0.717) is 17.7 Å². The van der Waals surface area contributed by atoms with Crippen LogP contribution in [0.25, 0.3) is 0 Å². The monoisotopic (exact) mass is 231 g/mol. The second kappa shape index (κ2) is 3.49. The molecule has 1 aromatic rings. The summed E-state index contributed by atoms with van der Waals surface area (Å²) < 4.78 is 0. The van der Waals surface area contributed by atoms with E-state index in [2.05, 4.69) is 31.9 Å². The van der Waals surface area contributed by atoms with Gasteiger partial charge in [0.2, 0.25) is 0 Å². The highest BCUT2D eigenvalue weighted by atomic mass is 16.3. The molecule has 3 rings (SSSR count). The lowest BCUT2D eigenvalue weighted by atomic mass is 9.59. The highest BCUT2D eigenvalue weighted by molar-refractivity contribution is 5.44. The van der Waals surface area contributed by atoms with E-state index in [1.54, 1.807) is 0 Å². The Morgan fingerprint density at radius 2 is 2.18 bits per heavy atom. The van der Waals surface area contributed by atoms with Crippen molar-refractivity contribution >= 4 is 0 Å². The van der Waals surface area contributed by atoms with Gasteiger partial charge >= 0.3 is 0 Å². The number of phenolic OH excluding ortho intramolecular Hbond substituents is 1.